The summed E-state index contributed by atoms with van der Waals surface area (Å²) < 4.78 is 49.2. The Bertz CT molecular complexity index is 445. The van der Waals surface area contributed by atoms with Crippen molar-refractivity contribution in [1.82, 2.24) is 4.90 Å². The van der Waals surface area contributed by atoms with E-state index >= 15 is 0 Å². The maximum absolute atomic E-state index is 12.0. The van der Waals surface area contributed by atoms with Crippen molar-refractivity contribution in [2.75, 3.05) is 53.7 Å². The highest BCUT2D eigenvalue weighted by atomic mass is 32.4. The van der Waals surface area contributed by atoms with E-state index in [2.05, 4.69) is 4.74 Å². The van der Waals surface area contributed by atoms with Gasteiger partial charge in [-0.15, -0.1) is 0 Å². The van der Waals surface area contributed by atoms with Crippen LogP contribution in [-0.4, -0.2) is 81.0 Å². The molecule has 0 unspecified atom stereocenters. The zero-order chi connectivity index (χ0) is 20.6. The summed E-state index contributed by atoms with van der Waals surface area (Å²) >= 11 is 0. The van der Waals surface area contributed by atoms with Gasteiger partial charge in [0.1, 0.15) is 6.61 Å². The fourth-order valence-electron chi connectivity index (χ4n) is 1.47. The van der Waals surface area contributed by atoms with E-state index in [4.69, 9.17) is 23.2 Å². The van der Waals surface area contributed by atoms with E-state index in [0.29, 0.717) is 19.6 Å². The average Bonchev–Trinajstić information content (AvgIpc) is 2.53. The zero-order valence-electron chi connectivity index (χ0n) is 16.6. The van der Waals surface area contributed by atoms with Gasteiger partial charge in [-0.05, 0) is 41.3 Å². The minimum absolute atomic E-state index is 0.101. The maximum Gasteiger partial charge on any atom is 0.667 e. The van der Waals surface area contributed by atoms with Crippen molar-refractivity contribution in [2.45, 2.75) is 34.1 Å². The highest BCUT2D eigenvalue weighted by Crippen LogP contribution is 2.20. The van der Waals surface area contributed by atoms with Crippen LogP contribution in [0.15, 0.2) is 0 Å². The molecule has 0 atom stereocenters. The third-order valence-corrected chi connectivity index (χ3v) is 8.76. The highest BCUT2D eigenvalue weighted by Gasteiger charge is 2.58. The first-order chi connectivity index (χ1) is 12.1. The largest absolute Gasteiger partial charge is 0.667 e. The molecule has 0 aliphatic rings. The lowest BCUT2D eigenvalue weighted by Crippen LogP contribution is -2.54. The van der Waals surface area contributed by atoms with Crippen LogP contribution in [0.3, 0.4) is 0 Å². The Balaban J connectivity index is 0. The van der Waals surface area contributed by atoms with Gasteiger partial charge >= 0.3 is 23.6 Å². The Morgan fingerprint density at radius 3 is 1.73 bits per heavy atom. The predicted octanol–water partition coefficient (Wildman–Crippen LogP) is 0.931. The number of carbonyl (C=O) groups excluding carboxylic acids is 1. The van der Waals surface area contributed by atoms with Gasteiger partial charge in [0, 0.05) is 26.4 Å². The molecule has 0 bridgehead atoms. The van der Waals surface area contributed by atoms with Crippen molar-refractivity contribution in [3.8, 4) is 0 Å². The molecule has 2 N–H and O–H groups in total. The molecule has 12 heteroatoms. The molecule has 0 heterocycles. The second-order valence-electron chi connectivity index (χ2n) is 5.05. The van der Waals surface area contributed by atoms with Crippen molar-refractivity contribution < 1.29 is 35.4 Å². The van der Waals surface area contributed by atoms with Crippen LogP contribution >= 0.6 is 0 Å². The van der Waals surface area contributed by atoms with E-state index in [9.17, 15) is 13.2 Å². The zero-order valence-corrected chi connectivity index (χ0v) is 18.5. The number of likely N-dealkylation sites (N-methyl/N-ethyl adjacent to an activating group) is 1. The number of ether oxygens (including phenoxy) is 1. The molecular weight excluding hydrogens is 384 g/mol. The average molecular weight is 419 g/mol. The van der Waals surface area contributed by atoms with Crippen molar-refractivity contribution in [3.63, 3.8) is 0 Å². The van der Waals surface area contributed by atoms with Crippen LogP contribution < -0.4 is 5.73 Å². The Morgan fingerprint density at radius 1 is 0.962 bits per heavy atom. The minimum atomic E-state index is -3.96. The molecular formula is C14H34N2O8SSi. The summed E-state index contributed by atoms with van der Waals surface area (Å²) in [5.74, 6) is 0. The second-order valence-corrected chi connectivity index (χ2v) is 11.1. The summed E-state index contributed by atoms with van der Waals surface area (Å²) in [6, 6.07) is 0. The lowest BCUT2D eigenvalue weighted by molar-refractivity contribution is 0.0880. The highest BCUT2D eigenvalue weighted by molar-refractivity contribution is 8.16. The van der Waals surface area contributed by atoms with Gasteiger partial charge in [-0.2, -0.15) is 8.42 Å². The molecule has 0 spiro atoms. The number of nitrogens with zero attached hydrogens (tertiary/aromatic N) is 1. The summed E-state index contributed by atoms with van der Waals surface area (Å²) in [4.78, 5) is 11.9. The number of hydrogen-bond acceptors (Lipinski definition) is 9. The Morgan fingerprint density at radius 2 is 1.42 bits per heavy atom. The van der Waals surface area contributed by atoms with Gasteiger partial charge in [0.2, 0.25) is 0 Å². The molecule has 0 aliphatic heterocycles. The van der Waals surface area contributed by atoms with Gasteiger partial charge in [-0.1, -0.05) is 6.92 Å². The Labute approximate surface area is 158 Å². The second kappa shape index (κ2) is 15.3. The third kappa shape index (κ3) is 11.8. The van der Waals surface area contributed by atoms with Crippen LogP contribution in [0.4, 0.5) is 4.79 Å². The van der Waals surface area contributed by atoms with Crippen LogP contribution in [0, 0.1) is 0 Å². The number of rotatable bonds is 13. The molecule has 0 aromatic carbocycles. The molecule has 10 nitrogen and oxygen atoms in total. The SMILES string of the molecule is CCCOS(=O)(=O)[Si](OCC)(OCC)OCC.CN(C)CCOC(N)=O. The molecule has 158 valence electrons. The standard InChI is InChI=1S/C9H22O6SSi.C5H12N2O2/c1-5-9-12-16(10,11)17(13-6-2,14-7-3)15-8-4;1-7(2)3-4-9-5(6)8/h5-9H2,1-4H3;3-4H2,1-2H3,(H2,6,8). The minimum Gasteiger partial charge on any atom is -0.448 e. The normalized spacial score (nSPS) is 11.8. The lowest BCUT2D eigenvalue weighted by Gasteiger charge is -2.26. The van der Waals surface area contributed by atoms with Crippen molar-refractivity contribution in [2.24, 2.45) is 5.73 Å². The van der Waals surface area contributed by atoms with Gasteiger partial charge < -0.3 is 28.6 Å². The molecule has 0 rings (SSSR count). The number of hydrogen-bond donors (Lipinski definition) is 1. The summed E-state index contributed by atoms with van der Waals surface area (Å²) in [5.41, 5.74) is 4.70. The van der Waals surface area contributed by atoms with Gasteiger partial charge in [0.05, 0.1) is 6.61 Å². The molecule has 0 saturated heterocycles. The lowest BCUT2D eigenvalue weighted by atomic mass is 10.5. The smallest absolute Gasteiger partial charge is 0.448 e. The van der Waals surface area contributed by atoms with Crippen LogP contribution in [0.25, 0.3) is 0 Å². The molecule has 0 fully saturated rings. The molecule has 26 heavy (non-hydrogen) atoms. The van der Waals surface area contributed by atoms with Gasteiger partial charge in [-0.3, -0.25) is 4.18 Å². The number of primary amides is 1. The van der Waals surface area contributed by atoms with Crippen LogP contribution in [-0.2, 0) is 31.8 Å². The monoisotopic (exact) mass is 418 g/mol. The number of nitrogens with two attached hydrogens (primary N) is 1. The van der Waals surface area contributed by atoms with E-state index in [1.807, 2.05) is 25.9 Å². The number of carbonyl (C=O) groups is 1. The fraction of sp³-hybridized carbons (Fsp3) is 0.929. The first kappa shape index (κ1) is 27.5. The molecule has 0 aromatic heterocycles. The van der Waals surface area contributed by atoms with E-state index < -0.39 is 23.6 Å². The topological polar surface area (TPSA) is 127 Å². The first-order valence-corrected chi connectivity index (χ1v) is 12.4. The molecule has 0 aromatic rings. The Hall–Kier alpha value is -0.763. The molecule has 0 aliphatic carbocycles. The van der Waals surface area contributed by atoms with E-state index in [1.54, 1.807) is 20.8 Å². The van der Waals surface area contributed by atoms with Crippen LogP contribution in [0.5, 0.6) is 0 Å². The van der Waals surface area contributed by atoms with Crippen molar-refractivity contribution in [3.05, 3.63) is 0 Å². The van der Waals surface area contributed by atoms with Crippen LogP contribution in [0.1, 0.15) is 34.1 Å². The fourth-order valence-corrected chi connectivity index (χ4v) is 6.78. The summed E-state index contributed by atoms with van der Waals surface area (Å²) in [6.07, 6.45) is -0.120. The van der Waals surface area contributed by atoms with Crippen LogP contribution in [0.2, 0.25) is 0 Å². The quantitative estimate of drug-likeness (QED) is 0.434. The molecule has 1 amide bonds. The summed E-state index contributed by atoms with van der Waals surface area (Å²) in [5, 5.41) is 0. The van der Waals surface area contributed by atoms with E-state index in [-0.39, 0.29) is 26.4 Å². The third-order valence-electron chi connectivity index (χ3n) is 2.49. The van der Waals surface area contributed by atoms with E-state index in [0.717, 1.165) is 0 Å². The van der Waals surface area contributed by atoms with Crippen molar-refractivity contribution in [1.29, 1.82) is 0 Å². The predicted molar refractivity (Wildman–Crippen MR) is 99.9 cm³/mol. The van der Waals surface area contributed by atoms with E-state index in [1.165, 1.54) is 0 Å². The van der Waals surface area contributed by atoms with Gasteiger partial charge in [0.25, 0.3) is 0 Å². The number of amides is 1. The van der Waals surface area contributed by atoms with Gasteiger partial charge in [-0.25, -0.2) is 4.79 Å². The molecule has 0 saturated carbocycles. The van der Waals surface area contributed by atoms with Gasteiger partial charge in [0.15, 0.2) is 0 Å². The first-order valence-electron chi connectivity index (χ1n) is 8.50. The van der Waals surface area contributed by atoms with Crippen molar-refractivity contribution >= 4 is 23.6 Å². The summed E-state index contributed by atoms with van der Waals surface area (Å²) in [6.45, 7) is 8.65. The maximum atomic E-state index is 12.0. The Kier molecular flexibility index (Phi) is 16.2. The molecule has 0 radical (unpaired) electrons. The summed E-state index contributed by atoms with van der Waals surface area (Å²) in [7, 11) is -3.98.